The maximum Gasteiger partial charge on any atom is 0.240 e. The quantitative estimate of drug-likeness (QED) is 0.669. The fraction of sp³-hybridized carbons (Fsp3) is 0.538. The average molecular weight is 286 g/mol. The topological polar surface area (TPSA) is 81.4 Å². The maximum atomic E-state index is 12.0. The maximum absolute atomic E-state index is 12.0. The van der Waals surface area contributed by atoms with Crippen LogP contribution in [0.5, 0.6) is 0 Å². The highest BCUT2D eigenvalue weighted by atomic mass is 32.2. The molecule has 3 N–H and O–H groups in total. The van der Waals surface area contributed by atoms with Crippen molar-refractivity contribution >= 4 is 10.0 Å². The van der Waals surface area contributed by atoms with E-state index in [1.165, 1.54) is 0 Å². The summed E-state index contributed by atoms with van der Waals surface area (Å²) in [6.45, 7) is 1.57. The van der Waals surface area contributed by atoms with E-state index < -0.39 is 10.0 Å². The molecular weight excluding hydrogens is 264 g/mol. The zero-order valence-electron chi connectivity index (χ0n) is 11.3. The number of methoxy groups -OCH3 is 1. The summed E-state index contributed by atoms with van der Waals surface area (Å²) in [7, 11) is -1.74. The van der Waals surface area contributed by atoms with E-state index in [2.05, 4.69) is 4.72 Å². The third-order valence-electron chi connectivity index (χ3n) is 2.79. The summed E-state index contributed by atoms with van der Waals surface area (Å²) in [5, 5.41) is 0. The van der Waals surface area contributed by atoms with Gasteiger partial charge in [0.25, 0.3) is 0 Å². The molecule has 0 aliphatic heterocycles. The Morgan fingerprint density at radius 3 is 2.42 bits per heavy atom. The van der Waals surface area contributed by atoms with E-state index in [0.717, 1.165) is 24.8 Å². The van der Waals surface area contributed by atoms with Crippen molar-refractivity contribution < 1.29 is 13.2 Å². The van der Waals surface area contributed by atoms with Crippen molar-refractivity contribution in [3.05, 3.63) is 29.8 Å². The number of unbranched alkanes of at least 4 members (excludes halogenated alkanes) is 2. The Kier molecular flexibility index (Phi) is 7.01. The monoisotopic (exact) mass is 286 g/mol. The molecule has 0 unspecified atom stereocenters. The first kappa shape index (κ1) is 16.1. The zero-order chi connectivity index (χ0) is 14.1. The number of ether oxygens (including phenoxy) is 1. The van der Waals surface area contributed by atoms with Gasteiger partial charge in [-0.15, -0.1) is 0 Å². The Labute approximate surface area is 115 Å². The van der Waals surface area contributed by atoms with Crippen molar-refractivity contribution in [3.8, 4) is 0 Å². The molecule has 0 aromatic heterocycles. The molecule has 0 heterocycles. The van der Waals surface area contributed by atoms with Gasteiger partial charge in [0.05, 0.1) is 4.90 Å². The molecule has 108 valence electrons. The molecule has 6 heteroatoms. The van der Waals surface area contributed by atoms with Gasteiger partial charge in [-0.25, -0.2) is 13.1 Å². The van der Waals surface area contributed by atoms with E-state index in [0.29, 0.717) is 19.7 Å². The number of sulfonamides is 1. The number of hydrogen-bond acceptors (Lipinski definition) is 4. The molecule has 1 aromatic rings. The molecule has 0 fully saturated rings. The SMILES string of the molecule is COCCCCCNS(=O)(=O)c1ccc(CN)cc1. The lowest BCUT2D eigenvalue weighted by molar-refractivity contribution is 0.192. The van der Waals surface area contributed by atoms with Gasteiger partial charge in [-0.05, 0) is 37.0 Å². The molecule has 5 nitrogen and oxygen atoms in total. The Bertz CT molecular complexity index is 457. The summed E-state index contributed by atoms with van der Waals surface area (Å²) in [5.41, 5.74) is 6.39. The first-order valence-corrected chi connectivity index (χ1v) is 7.86. The molecule has 0 aliphatic carbocycles. The molecule has 1 rings (SSSR count). The molecule has 0 radical (unpaired) electrons. The van der Waals surface area contributed by atoms with Gasteiger partial charge in [0.2, 0.25) is 10.0 Å². The van der Waals surface area contributed by atoms with Crippen LogP contribution >= 0.6 is 0 Å². The van der Waals surface area contributed by atoms with E-state index in [1.807, 2.05) is 0 Å². The standard InChI is InChI=1S/C13H22N2O3S/c1-18-10-4-2-3-9-15-19(16,17)13-7-5-12(11-14)6-8-13/h5-8,15H,2-4,9-11,14H2,1H3. The van der Waals surface area contributed by atoms with E-state index in [1.54, 1.807) is 31.4 Å². The van der Waals surface area contributed by atoms with Crippen LogP contribution in [0.15, 0.2) is 29.2 Å². The average Bonchev–Trinajstić information content (AvgIpc) is 2.43. The van der Waals surface area contributed by atoms with E-state index >= 15 is 0 Å². The van der Waals surface area contributed by atoms with E-state index in [9.17, 15) is 8.42 Å². The van der Waals surface area contributed by atoms with Gasteiger partial charge in [0, 0.05) is 26.8 Å². The zero-order valence-corrected chi connectivity index (χ0v) is 12.1. The summed E-state index contributed by atoms with van der Waals surface area (Å²) in [5.74, 6) is 0. The van der Waals surface area contributed by atoms with Crippen molar-refractivity contribution in [2.45, 2.75) is 30.7 Å². The van der Waals surface area contributed by atoms with E-state index in [-0.39, 0.29) is 4.90 Å². The molecular formula is C13H22N2O3S. The lowest BCUT2D eigenvalue weighted by Crippen LogP contribution is -2.24. The van der Waals surface area contributed by atoms with Crippen LogP contribution in [-0.4, -0.2) is 28.7 Å². The summed E-state index contributed by atoms with van der Waals surface area (Å²) >= 11 is 0. The highest BCUT2D eigenvalue weighted by Gasteiger charge is 2.12. The second-order valence-electron chi connectivity index (χ2n) is 4.30. The normalized spacial score (nSPS) is 11.7. The van der Waals surface area contributed by atoms with Crippen LogP contribution < -0.4 is 10.5 Å². The van der Waals surface area contributed by atoms with Crippen molar-refractivity contribution in [2.75, 3.05) is 20.3 Å². The van der Waals surface area contributed by atoms with Gasteiger partial charge in [-0.3, -0.25) is 0 Å². The molecule has 0 saturated carbocycles. The number of rotatable bonds is 9. The molecule has 0 bridgehead atoms. The number of nitrogens with one attached hydrogen (secondary N) is 1. The number of nitrogens with two attached hydrogens (primary N) is 1. The van der Waals surface area contributed by atoms with Gasteiger partial charge in [-0.1, -0.05) is 12.1 Å². The fourth-order valence-corrected chi connectivity index (χ4v) is 2.72. The van der Waals surface area contributed by atoms with E-state index in [4.69, 9.17) is 10.5 Å². The smallest absolute Gasteiger partial charge is 0.240 e. The number of benzene rings is 1. The third-order valence-corrected chi connectivity index (χ3v) is 4.26. The third kappa shape index (κ3) is 5.69. The predicted molar refractivity (Wildman–Crippen MR) is 75.2 cm³/mol. The van der Waals surface area contributed by atoms with Gasteiger partial charge in [-0.2, -0.15) is 0 Å². The number of hydrogen-bond donors (Lipinski definition) is 2. The summed E-state index contributed by atoms with van der Waals surface area (Å²) in [4.78, 5) is 0.279. The van der Waals surface area contributed by atoms with Crippen molar-refractivity contribution in [1.82, 2.24) is 4.72 Å². The predicted octanol–water partition coefficient (Wildman–Crippen LogP) is 1.24. The van der Waals surface area contributed by atoms with Gasteiger partial charge in [0.1, 0.15) is 0 Å². The van der Waals surface area contributed by atoms with Crippen LogP contribution in [0, 0.1) is 0 Å². The summed E-state index contributed by atoms with van der Waals surface area (Å²) < 4.78 is 31.4. The van der Waals surface area contributed by atoms with Crippen molar-refractivity contribution in [2.24, 2.45) is 5.73 Å². The minimum atomic E-state index is -3.40. The Morgan fingerprint density at radius 2 is 1.84 bits per heavy atom. The van der Waals surface area contributed by atoms with Crippen LogP contribution in [0.2, 0.25) is 0 Å². The molecule has 0 spiro atoms. The summed E-state index contributed by atoms with van der Waals surface area (Å²) in [6.07, 6.45) is 2.70. The minimum absolute atomic E-state index is 0.279. The molecule has 1 aromatic carbocycles. The highest BCUT2D eigenvalue weighted by molar-refractivity contribution is 7.89. The molecule has 0 aliphatic rings. The van der Waals surface area contributed by atoms with Crippen LogP contribution in [0.25, 0.3) is 0 Å². The Hall–Kier alpha value is -0.950. The molecule has 0 atom stereocenters. The lowest BCUT2D eigenvalue weighted by atomic mass is 10.2. The second-order valence-corrected chi connectivity index (χ2v) is 6.07. The van der Waals surface area contributed by atoms with Gasteiger partial charge >= 0.3 is 0 Å². The van der Waals surface area contributed by atoms with Crippen molar-refractivity contribution in [3.63, 3.8) is 0 Å². The minimum Gasteiger partial charge on any atom is -0.385 e. The first-order chi connectivity index (χ1) is 9.10. The molecule has 19 heavy (non-hydrogen) atoms. The Balaban J connectivity index is 2.42. The molecule has 0 amide bonds. The first-order valence-electron chi connectivity index (χ1n) is 6.38. The Morgan fingerprint density at radius 1 is 1.16 bits per heavy atom. The highest BCUT2D eigenvalue weighted by Crippen LogP contribution is 2.10. The van der Waals surface area contributed by atoms with Crippen LogP contribution in [-0.2, 0) is 21.3 Å². The van der Waals surface area contributed by atoms with Crippen molar-refractivity contribution in [1.29, 1.82) is 0 Å². The molecule has 0 saturated heterocycles. The second kappa shape index (κ2) is 8.27. The largest absolute Gasteiger partial charge is 0.385 e. The van der Waals surface area contributed by atoms with Crippen LogP contribution in [0.3, 0.4) is 0 Å². The van der Waals surface area contributed by atoms with Crippen LogP contribution in [0.4, 0.5) is 0 Å². The fourth-order valence-electron chi connectivity index (χ4n) is 1.64. The van der Waals surface area contributed by atoms with Gasteiger partial charge in [0.15, 0.2) is 0 Å². The van der Waals surface area contributed by atoms with Crippen LogP contribution in [0.1, 0.15) is 24.8 Å². The lowest BCUT2D eigenvalue weighted by Gasteiger charge is -2.07. The van der Waals surface area contributed by atoms with Gasteiger partial charge < -0.3 is 10.5 Å². The summed E-state index contributed by atoms with van der Waals surface area (Å²) in [6, 6.07) is 6.62.